The number of benzene rings is 2. The molecule has 2 aromatic carbocycles. The van der Waals surface area contributed by atoms with Crippen LogP contribution in [0.3, 0.4) is 0 Å². The third-order valence-electron chi connectivity index (χ3n) is 4.60. The van der Waals surface area contributed by atoms with Gasteiger partial charge in [-0.25, -0.2) is 9.97 Å². The summed E-state index contributed by atoms with van der Waals surface area (Å²) in [5.74, 6) is 0.201. The number of carbonyl (C=O) groups is 1. The number of amides is 1. The molecule has 0 spiro atoms. The Hall–Kier alpha value is -3.21. The minimum atomic E-state index is -0.245. The highest BCUT2D eigenvalue weighted by molar-refractivity contribution is 6.03. The fourth-order valence-corrected chi connectivity index (χ4v) is 3.20. The number of nitrogens with zero attached hydrogens (tertiary/aromatic N) is 2. The fourth-order valence-electron chi connectivity index (χ4n) is 3.20. The van der Waals surface area contributed by atoms with E-state index >= 15 is 0 Å². The second-order valence-electron chi connectivity index (χ2n) is 8.31. The van der Waals surface area contributed by atoms with Crippen LogP contribution in [0.2, 0.25) is 0 Å². The van der Waals surface area contributed by atoms with E-state index in [0.29, 0.717) is 18.2 Å². The number of rotatable bonds is 5. The number of aromatic nitrogens is 2. The van der Waals surface area contributed by atoms with Gasteiger partial charge in [0.05, 0.1) is 0 Å². The molecule has 0 saturated heterocycles. The van der Waals surface area contributed by atoms with Crippen LogP contribution in [0.1, 0.15) is 53.6 Å². The molecule has 0 aliphatic carbocycles. The first-order chi connectivity index (χ1) is 13.7. The monoisotopic (exact) mass is 388 g/mol. The zero-order chi connectivity index (χ0) is 21.0. The second-order valence-corrected chi connectivity index (χ2v) is 8.31. The molecule has 0 bridgehead atoms. The van der Waals surface area contributed by atoms with Gasteiger partial charge in [-0.05, 0) is 42.5 Å². The van der Waals surface area contributed by atoms with Crippen LogP contribution in [-0.2, 0) is 12.0 Å². The summed E-state index contributed by atoms with van der Waals surface area (Å²) in [6.07, 6.45) is 0. The maximum atomic E-state index is 12.9. The van der Waals surface area contributed by atoms with Gasteiger partial charge in [0, 0.05) is 17.9 Å². The molecule has 2 N–H and O–H groups in total. The van der Waals surface area contributed by atoms with Gasteiger partial charge in [-0.3, -0.25) is 4.79 Å². The van der Waals surface area contributed by atoms with Gasteiger partial charge in [0.1, 0.15) is 5.69 Å². The van der Waals surface area contributed by atoms with E-state index in [0.717, 1.165) is 22.5 Å². The Labute approximate surface area is 172 Å². The van der Waals surface area contributed by atoms with Crippen molar-refractivity contribution in [3.63, 3.8) is 0 Å². The Bertz CT molecular complexity index is 1020. The summed E-state index contributed by atoms with van der Waals surface area (Å²) in [5, 5.41) is 6.23. The van der Waals surface area contributed by atoms with Crippen molar-refractivity contribution in [1.29, 1.82) is 0 Å². The number of nitrogens with one attached hydrogen (secondary N) is 2. The molecule has 0 aliphatic heterocycles. The molecule has 5 nitrogen and oxygen atoms in total. The Morgan fingerprint density at radius 3 is 2.45 bits per heavy atom. The molecule has 3 aromatic rings. The summed E-state index contributed by atoms with van der Waals surface area (Å²) >= 11 is 0. The summed E-state index contributed by atoms with van der Waals surface area (Å²) in [6.45, 7) is 10.9. The van der Waals surface area contributed by atoms with Gasteiger partial charge in [0.15, 0.2) is 0 Å². The molecule has 150 valence electrons. The smallest absolute Gasteiger partial charge is 0.274 e. The molecule has 1 amide bonds. The van der Waals surface area contributed by atoms with Crippen LogP contribution in [0.25, 0.3) is 0 Å². The molecule has 0 unspecified atom stereocenters. The molecule has 29 heavy (non-hydrogen) atoms. The van der Waals surface area contributed by atoms with Crippen LogP contribution >= 0.6 is 0 Å². The van der Waals surface area contributed by atoms with Crippen molar-refractivity contribution in [2.24, 2.45) is 0 Å². The van der Waals surface area contributed by atoms with Crippen LogP contribution < -0.4 is 10.6 Å². The van der Waals surface area contributed by atoms with Crippen LogP contribution in [-0.4, -0.2) is 15.9 Å². The first-order valence-electron chi connectivity index (χ1n) is 9.78. The summed E-state index contributed by atoms with van der Waals surface area (Å²) in [4.78, 5) is 21.7. The van der Waals surface area contributed by atoms with Gasteiger partial charge in [-0.2, -0.15) is 0 Å². The Kier molecular flexibility index (Phi) is 5.97. The predicted octanol–water partition coefficient (Wildman–Crippen LogP) is 5.26. The summed E-state index contributed by atoms with van der Waals surface area (Å²) in [6, 6.07) is 17.8. The predicted molar refractivity (Wildman–Crippen MR) is 118 cm³/mol. The number of hydrogen-bond donors (Lipinski definition) is 2. The number of carbonyl (C=O) groups excluding carboxylic acids is 1. The van der Waals surface area contributed by atoms with E-state index in [1.807, 2.05) is 43.3 Å². The van der Waals surface area contributed by atoms with Crippen molar-refractivity contribution in [2.75, 3.05) is 10.6 Å². The highest BCUT2D eigenvalue weighted by Gasteiger charge is 2.19. The van der Waals surface area contributed by atoms with Gasteiger partial charge in [-0.1, -0.05) is 68.8 Å². The maximum absolute atomic E-state index is 12.9. The topological polar surface area (TPSA) is 66.9 Å². The quantitative estimate of drug-likeness (QED) is 0.626. The largest absolute Gasteiger partial charge is 0.350 e. The zero-order valence-electron chi connectivity index (χ0n) is 17.7. The van der Waals surface area contributed by atoms with Crippen LogP contribution in [0.5, 0.6) is 0 Å². The first kappa shape index (κ1) is 20.5. The molecule has 1 heterocycles. The average molecular weight is 389 g/mol. The Balaban J connectivity index is 1.78. The minimum Gasteiger partial charge on any atom is -0.350 e. The lowest BCUT2D eigenvalue weighted by Crippen LogP contribution is -2.20. The average Bonchev–Trinajstić information content (AvgIpc) is 2.65. The molecular formula is C24H28N4O. The lowest BCUT2D eigenvalue weighted by Gasteiger charge is -2.23. The number of hydrogen-bond acceptors (Lipinski definition) is 4. The van der Waals surface area contributed by atoms with Gasteiger partial charge in [-0.15, -0.1) is 0 Å². The molecule has 5 heteroatoms. The van der Waals surface area contributed by atoms with E-state index in [4.69, 9.17) is 0 Å². The summed E-state index contributed by atoms with van der Waals surface area (Å²) in [5.41, 5.74) is 5.22. The second kappa shape index (κ2) is 8.43. The Morgan fingerprint density at radius 1 is 0.966 bits per heavy atom. The van der Waals surface area contributed by atoms with E-state index in [1.165, 1.54) is 5.56 Å². The van der Waals surface area contributed by atoms with E-state index in [9.17, 15) is 4.79 Å². The maximum Gasteiger partial charge on any atom is 0.274 e. The molecular weight excluding hydrogens is 360 g/mol. The minimum absolute atomic E-state index is 0.0774. The van der Waals surface area contributed by atoms with E-state index < -0.39 is 0 Å². The lowest BCUT2D eigenvalue weighted by atomic mass is 9.86. The normalized spacial score (nSPS) is 11.2. The third-order valence-corrected chi connectivity index (χ3v) is 4.60. The van der Waals surface area contributed by atoms with Crippen molar-refractivity contribution in [2.45, 2.75) is 46.6 Å². The fraction of sp³-hybridized carbons (Fsp3) is 0.292. The molecule has 3 rings (SSSR count). The van der Waals surface area contributed by atoms with Gasteiger partial charge in [0.2, 0.25) is 5.95 Å². The first-order valence-corrected chi connectivity index (χ1v) is 9.78. The highest BCUT2D eigenvalue weighted by atomic mass is 16.1. The lowest BCUT2D eigenvalue weighted by molar-refractivity contribution is 0.102. The molecule has 0 radical (unpaired) electrons. The van der Waals surface area contributed by atoms with Crippen LogP contribution in [0.15, 0.2) is 54.6 Å². The van der Waals surface area contributed by atoms with Crippen LogP contribution in [0.4, 0.5) is 11.6 Å². The van der Waals surface area contributed by atoms with Crippen molar-refractivity contribution in [3.8, 4) is 0 Å². The van der Waals surface area contributed by atoms with Crippen molar-refractivity contribution in [3.05, 3.63) is 82.7 Å². The van der Waals surface area contributed by atoms with Crippen molar-refractivity contribution in [1.82, 2.24) is 9.97 Å². The summed E-state index contributed by atoms with van der Waals surface area (Å²) < 4.78 is 0. The molecule has 0 fully saturated rings. The molecule has 0 aliphatic rings. The van der Waals surface area contributed by atoms with Crippen molar-refractivity contribution < 1.29 is 4.79 Å². The van der Waals surface area contributed by atoms with E-state index in [1.54, 1.807) is 6.07 Å². The molecule has 0 atom stereocenters. The summed E-state index contributed by atoms with van der Waals surface area (Å²) in [7, 11) is 0. The third kappa shape index (κ3) is 5.41. The molecule has 1 aromatic heterocycles. The Morgan fingerprint density at radius 2 is 1.72 bits per heavy atom. The van der Waals surface area contributed by atoms with Gasteiger partial charge in [0.25, 0.3) is 5.91 Å². The van der Waals surface area contributed by atoms with Gasteiger partial charge < -0.3 is 10.6 Å². The number of aryl methyl sites for hydroxylation is 2. The highest BCUT2D eigenvalue weighted by Crippen LogP contribution is 2.29. The standard InChI is InChI=1S/C24H28N4O/c1-16-9-8-10-18(13-16)15-25-23-26-17(2)14-21(28-23)22(29)27-20-12-7-6-11-19(20)24(3,4)5/h6-14H,15H2,1-5H3,(H,27,29)(H,25,26,28). The van der Waals surface area contributed by atoms with E-state index in [2.05, 4.69) is 60.4 Å². The number of anilines is 2. The SMILES string of the molecule is Cc1cccc(CNc2nc(C)cc(C(=O)Nc3ccccc3C(C)(C)C)n2)c1. The van der Waals surface area contributed by atoms with Gasteiger partial charge >= 0.3 is 0 Å². The van der Waals surface area contributed by atoms with E-state index in [-0.39, 0.29) is 11.3 Å². The zero-order valence-corrected chi connectivity index (χ0v) is 17.7. The van der Waals surface area contributed by atoms with Crippen LogP contribution in [0, 0.1) is 13.8 Å². The molecule has 0 saturated carbocycles. The van der Waals surface area contributed by atoms with Crippen molar-refractivity contribution >= 4 is 17.5 Å². The number of para-hydroxylation sites is 1.